The first-order chi connectivity index (χ1) is 8.30. The van der Waals surface area contributed by atoms with Gasteiger partial charge in [0.25, 0.3) is 0 Å². The van der Waals surface area contributed by atoms with Gasteiger partial charge in [0.2, 0.25) is 5.91 Å². The van der Waals surface area contributed by atoms with Crippen LogP contribution in [0.15, 0.2) is 0 Å². The molecule has 0 aromatic heterocycles. The Balaban J connectivity index is 2.44. The molecule has 18 heavy (non-hydrogen) atoms. The number of hydrogen-bond donors (Lipinski definition) is 0. The number of carbonyl (C=O) groups excluding carboxylic acids is 1. The number of ether oxygens (including phenoxy) is 1. The van der Waals surface area contributed by atoms with E-state index in [2.05, 4.69) is 0 Å². The second-order valence-corrected chi connectivity index (χ2v) is 6.89. The molecule has 0 radical (unpaired) electrons. The number of thiocarbonyl (C=S) groups is 1. The fourth-order valence-corrected chi connectivity index (χ4v) is 4.81. The van der Waals surface area contributed by atoms with Gasteiger partial charge in [-0.1, -0.05) is 0 Å². The molecule has 1 spiro atoms. The van der Waals surface area contributed by atoms with Crippen molar-refractivity contribution < 1.29 is 9.53 Å². The SMILES string of the molecule is CCO[C@@H]1CS[C@@]12N(C)C(=S)N(C)C(=O)C2(C)C. The summed E-state index contributed by atoms with van der Waals surface area (Å²) in [5, 5.41) is 0.580. The van der Waals surface area contributed by atoms with E-state index in [9.17, 15) is 4.79 Å². The number of thioether (sulfide) groups is 1. The van der Waals surface area contributed by atoms with Gasteiger partial charge in [-0.05, 0) is 33.0 Å². The minimum absolute atomic E-state index is 0.0584. The third-order valence-electron chi connectivity index (χ3n) is 4.07. The van der Waals surface area contributed by atoms with E-state index in [-0.39, 0.29) is 16.9 Å². The monoisotopic (exact) mass is 288 g/mol. The maximum atomic E-state index is 12.5. The Labute approximate surface area is 118 Å². The average molecular weight is 288 g/mol. The predicted octanol–water partition coefficient (Wildman–Crippen LogP) is 1.55. The summed E-state index contributed by atoms with van der Waals surface area (Å²) >= 11 is 7.15. The van der Waals surface area contributed by atoms with Crippen LogP contribution in [0.4, 0.5) is 0 Å². The van der Waals surface area contributed by atoms with Crippen molar-refractivity contribution in [2.45, 2.75) is 31.7 Å². The predicted molar refractivity (Wildman–Crippen MR) is 77.5 cm³/mol. The van der Waals surface area contributed by atoms with Crippen LogP contribution in [0.2, 0.25) is 0 Å². The molecular weight excluding hydrogens is 268 g/mol. The van der Waals surface area contributed by atoms with E-state index >= 15 is 0 Å². The van der Waals surface area contributed by atoms with Crippen molar-refractivity contribution in [2.75, 3.05) is 26.5 Å². The normalized spacial score (nSPS) is 35.1. The third kappa shape index (κ3) is 1.48. The quantitative estimate of drug-likeness (QED) is 0.720. The van der Waals surface area contributed by atoms with Gasteiger partial charge in [0, 0.05) is 26.5 Å². The maximum Gasteiger partial charge on any atom is 0.237 e. The van der Waals surface area contributed by atoms with E-state index in [1.54, 1.807) is 23.7 Å². The van der Waals surface area contributed by atoms with Gasteiger partial charge in [-0.15, -0.1) is 11.8 Å². The van der Waals surface area contributed by atoms with Gasteiger partial charge in [0.15, 0.2) is 5.11 Å². The van der Waals surface area contributed by atoms with Gasteiger partial charge in [0.05, 0.1) is 5.41 Å². The van der Waals surface area contributed by atoms with Crippen LogP contribution in [-0.2, 0) is 9.53 Å². The largest absolute Gasteiger partial charge is 0.374 e. The highest BCUT2D eigenvalue weighted by atomic mass is 32.2. The summed E-state index contributed by atoms with van der Waals surface area (Å²) < 4.78 is 5.82. The molecule has 6 heteroatoms. The number of carbonyl (C=O) groups is 1. The number of nitrogens with zero attached hydrogens (tertiary/aromatic N) is 2. The zero-order valence-corrected chi connectivity index (χ0v) is 13.2. The van der Waals surface area contributed by atoms with Crippen LogP contribution in [0, 0.1) is 5.41 Å². The molecule has 2 atom stereocenters. The molecule has 0 N–H and O–H groups in total. The van der Waals surface area contributed by atoms with Crippen LogP contribution >= 0.6 is 24.0 Å². The highest BCUT2D eigenvalue weighted by Gasteiger charge is 2.67. The lowest BCUT2D eigenvalue weighted by Gasteiger charge is -2.64. The first-order valence-corrected chi connectivity index (χ1v) is 7.51. The molecule has 0 aliphatic carbocycles. The van der Waals surface area contributed by atoms with E-state index in [0.717, 1.165) is 5.75 Å². The Kier molecular flexibility index (Phi) is 3.41. The minimum atomic E-state index is -0.512. The molecule has 0 aromatic carbocycles. The van der Waals surface area contributed by atoms with Crippen molar-refractivity contribution in [3.63, 3.8) is 0 Å². The number of hydrogen-bond acceptors (Lipinski definition) is 4. The molecule has 2 heterocycles. The lowest BCUT2D eigenvalue weighted by molar-refractivity contribution is -0.151. The van der Waals surface area contributed by atoms with E-state index in [4.69, 9.17) is 17.0 Å². The molecule has 2 aliphatic rings. The zero-order chi connectivity index (χ0) is 13.7. The number of likely N-dealkylation sites (N-methyl/N-ethyl adjacent to an activating group) is 1. The Hall–Kier alpha value is -0.330. The molecule has 2 fully saturated rings. The molecule has 2 saturated heterocycles. The van der Waals surface area contributed by atoms with Gasteiger partial charge >= 0.3 is 0 Å². The first-order valence-electron chi connectivity index (χ1n) is 6.12. The fraction of sp³-hybridized carbons (Fsp3) is 0.833. The van der Waals surface area contributed by atoms with Gasteiger partial charge in [0.1, 0.15) is 11.0 Å². The van der Waals surface area contributed by atoms with Crippen LogP contribution in [0.1, 0.15) is 20.8 Å². The van der Waals surface area contributed by atoms with Gasteiger partial charge in [-0.3, -0.25) is 9.69 Å². The van der Waals surface area contributed by atoms with Crippen molar-refractivity contribution in [3.05, 3.63) is 0 Å². The maximum absolute atomic E-state index is 12.5. The van der Waals surface area contributed by atoms with Crippen LogP contribution in [0.3, 0.4) is 0 Å². The Morgan fingerprint density at radius 1 is 1.50 bits per heavy atom. The second kappa shape index (κ2) is 4.35. The van der Waals surface area contributed by atoms with Gasteiger partial charge in [-0.25, -0.2) is 0 Å². The molecule has 0 bridgehead atoms. The molecule has 4 nitrogen and oxygen atoms in total. The number of amides is 1. The van der Waals surface area contributed by atoms with Crippen LogP contribution in [-0.4, -0.2) is 58.2 Å². The van der Waals surface area contributed by atoms with E-state index < -0.39 is 5.41 Å². The molecule has 0 saturated carbocycles. The van der Waals surface area contributed by atoms with E-state index in [1.807, 2.05) is 32.7 Å². The van der Waals surface area contributed by atoms with Gasteiger partial charge in [-0.2, -0.15) is 0 Å². The molecule has 102 valence electrons. The molecule has 2 aliphatic heterocycles. The summed E-state index contributed by atoms with van der Waals surface area (Å²) in [4.78, 5) is 15.8. The topological polar surface area (TPSA) is 32.8 Å². The summed E-state index contributed by atoms with van der Waals surface area (Å²) in [6.07, 6.45) is 0.0584. The lowest BCUT2D eigenvalue weighted by Crippen LogP contribution is -2.77. The number of rotatable bonds is 2. The van der Waals surface area contributed by atoms with Crippen LogP contribution in [0.5, 0.6) is 0 Å². The lowest BCUT2D eigenvalue weighted by atomic mass is 9.76. The first kappa shape index (κ1) is 14.1. The molecule has 0 unspecified atom stereocenters. The molecular formula is C12H20N2O2S2. The van der Waals surface area contributed by atoms with Crippen LogP contribution in [0.25, 0.3) is 0 Å². The van der Waals surface area contributed by atoms with Crippen molar-refractivity contribution in [3.8, 4) is 0 Å². The van der Waals surface area contributed by atoms with Crippen molar-refractivity contribution in [1.29, 1.82) is 0 Å². The van der Waals surface area contributed by atoms with Crippen molar-refractivity contribution >= 4 is 35.0 Å². The van der Waals surface area contributed by atoms with Crippen LogP contribution < -0.4 is 0 Å². The summed E-state index contributed by atoms with van der Waals surface area (Å²) in [5.41, 5.74) is -0.512. The average Bonchev–Trinajstić information content (AvgIpc) is 2.30. The molecule has 2 rings (SSSR count). The van der Waals surface area contributed by atoms with E-state index in [1.165, 1.54) is 0 Å². The third-order valence-corrected chi connectivity index (χ3v) is 6.57. The molecule has 0 aromatic rings. The van der Waals surface area contributed by atoms with Crippen molar-refractivity contribution in [1.82, 2.24) is 9.80 Å². The standard InChI is InChI=1S/C12H20N2O2S2/c1-6-16-8-7-18-12(8)11(2,3)9(15)13(4)10(17)14(12)5/h8H,6-7H2,1-5H3/t8-,12+/m1/s1. The summed E-state index contributed by atoms with van der Waals surface area (Å²) in [7, 11) is 3.71. The highest BCUT2D eigenvalue weighted by Crippen LogP contribution is 2.58. The smallest absolute Gasteiger partial charge is 0.237 e. The fourth-order valence-electron chi connectivity index (χ4n) is 3.01. The molecule has 1 amide bonds. The summed E-state index contributed by atoms with van der Waals surface area (Å²) in [5.74, 6) is 0.990. The van der Waals surface area contributed by atoms with Gasteiger partial charge < -0.3 is 9.64 Å². The highest BCUT2D eigenvalue weighted by molar-refractivity contribution is 8.02. The summed E-state index contributed by atoms with van der Waals surface area (Å²) in [6, 6.07) is 0. The summed E-state index contributed by atoms with van der Waals surface area (Å²) in [6.45, 7) is 6.62. The van der Waals surface area contributed by atoms with E-state index in [0.29, 0.717) is 11.7 Å². The zero-order valence-electron chi connectivity index (χ0n) is 11.5. The Bertz CT molecular complexity index is 400. The Morgan fingerprint density at radius 2 is 2.11 bits per heavy atom. The minimum Gasteiger partial charge on any atom is -0.374 e. The second-order valence-electron chi connectivity index (χ2n) is 5.28. The van der Waals surface area contributed by atoms with Crippen molar-refractivity contribution in [2.24, 2.45) is 5.41 Å². The Morgan fingerprint density at radius 3 is 2.56 bits per heavy atom.